The average molecular weight is 955 g/mol. The molecule has 19 heteroatoms. The Kier molecular flexibility index (Phi) is 14.9. The highest BCUT2D eigenvalue weighted by molar-refractivity contribution is 7.46. The van der Waals surface area contributed by atoms with Gasteiger partial charge in [0.05, 0.1) is 43.1 Å². The number of likely N-dealkylation sites (N-methyl/N-ethyl adjacent to an activating group) is 1. The van der Waals surface area contributed by atoms with Crippen LogP contribution < -0.4 is 20.9 Å². The quantitative estimate of drug-likeness (QED) is 0.0423. The van der Waals surface area contributed by atoms with Crippen LogP contribution in [0, 0.1) is 0 Å². The summed E-state index contributed by atoms with van der Waals surface area (Å²) in [6.07, 6.45) is 8.14. The number of para-hydroxylation sites is 2. The first kappa shape index (κ1) is 49.9. The Morgan fingerprint density at radius 2 is 1.60 bits per heavy atom. The summed E-state index contributed by atoms with van der Waals surface area (Å²) in [5.41, 5.74) is 6.76. The maximum absolute atomic E-state index is 14.6. The van der Waals surface area contributed by atoms with E-state index in [-0.39, 0.29) is 51.0 Å². The maximum atomic E-state index is 14.6. The van der Waals surface area contributed by atoms with E-state index >= 15 is 0 Å². The van der Waals surface area contributed by atoms with Crippen molar-refractivity contribution < 1.29 is 57.0 Å². The molecule has 0 radical (unpaired) electrons. The Morgan fingerprint density at radius 1 is 0.912 bits per heavy atom. The molecule has 1 aliphatic carbocycles. The van der Waals surface area contributed by atoms with Crippen LogP contribution in [-0.4, -0.2) is 137 Å². The second-order valence-corrected chi connectivity index (χ2v) is 19.8. The highest BCUT2D eigenvalue weighted by Gasteiger charge is 2.49. The molecule has 68 heavy (non-hydrogen) atoms. The molecule has 362 valence electrons. The highest BCUT2D eigenvalue weighted by atomic mass is 31.2. The normalized spacial score (nSPS) is 21.0. The predicted molar refractivity (Wildman–Crippen MR) is 253 cm³/mol. The zero-order valence-corrected chi connectivity index (χ0v) is 40.3. The van der Waals surface area contributed by atoms with Crippen molar-refractivity contribution in [3.63, 3.8) is 0 Å². The summed E-state index contributed by atoms with van der Waals surface area (Å²) in [4.78, 5) is 102. The third kappa shape index (κ3) is 10.3. The van der Waals surface area contributed by atoms with E-state index in [2.05, 4.69) is 65.3 Å². The molecular formula is C49H61N7O11P+. The lowest BCUT2D eigenvalue weighted by Crippen LogP contribution is -2.54. The van der Waals surface area contributed by atoms with Gasteiger partial charge in [-0.15, -0.1) is 0 Å². The van der Waals surface area contributed by atoms with Crippen molar-refractivity contribution >= 4 is 60.2 Å². The molecule has 0 aromatic heterocycles. The Balaban J connectivity index is 1.03. The summed E-state index contributed by atoms with van der Waals surface area (Å²) in [6.45, 7) is 8.81. The number of carbonyl (C=O) groups excluding carboxylic acids is 6. The molecule has 0 spiro atoms. The number of imide groups is 1. The third-order valence-electron chi connectivity index (χ3n) is 13.4. The number of hydrogen-bond acceptors (Lipinski definition) is 11. The Morgan fingerprint density at radius 3 is 2.29 bits per heavy atom. The molecule has 2 aromatic carbocycles. The van der Waals surface area contributed by atoms with Crippen LogP contribution >= 0.6 is 7.82 Å². The van der Waals surface area contributed by atoms with E-state index in [0.29, 0.717) is 49.1 Å². The van der Waals surface area contributed by atoms with Gasteiger partial charge in [0.2, 0.25) is 23.4 Å². The fourth-order valence-electron chi connectivity index (χ4n) is 9.75. The van der Waals surface area contributed by atoms with Gasteiger partial charge in [-0.25, -0.2) is 4.57 Å². The number of fused-ring (bicyclic) bond motifs is 2. The van der Waals surface area contributed by atoms with Gasteiger partial charge in [-0.05, 0) is 57.2 Å². The summed E-state index contributed by atoms with van der Waals surface area (Å²) in [7, 11) is -1.10. The number of phosphoric acid groups is 1. The van der Waals surface area contributed by atoms with Crippen LogP contribution in [0.25, 0.3) is 0 Å². The van der Waals surface area contributed by atoms with E-state index < -0.39 is 61.0 Å². The van der Waals surface area contributed by atoms with E-state index in [4.69, 9.17) is 9.26 Å². The number of rotatable bonds is 20. The van der Waals surface area contributed by atoms with E-state index in [1.807, 2.05) is 67.5 Å². The number of unbranched alkanes of at least 4 members (excludes halogenated alkanes) is 1. The van der Waals surface area contributed by atoms with Gasteiger partial charge in [0.1, 0.15) is 19.1 Å². The van der Waals surface area contributed by atoms with E-state index in [1.54, 1.807) is 0 Å². The number of anilines is 1. The number of allylic oxidation sites excluding steroid dienone is 5. The zero-order valence-electron chi connectivity index (χ0n) is 39.4. The molecule has 2 aromatic rings. The van der Waals surface area contributed by atoms with Crippen LogP contribution in [0.5, 0.6) is 0 Å². The number of nitrogens with zero attached hydrogens (tertiary/aromatic N) is 4. The zero-order chi connectivity index (χ0) is 49.1. The Hall–Kier alpha value is -6.04. The minimum absolute atomic E-state index is 0.0964. The second kappa shape index (κ2) is 20.3. The van der Waals surface area contributed by atoms with Crippen molar-refractivity contribution in [1.29, 1.82) is 0 Å². The number of likely N-dealkylation sites (tertiary alicyclic amines) is 1. The van der Waals surface area contributed by atoms with E-state index in [9.17, 15) is 43.1 Å². The van der Waals surface area contributed by atoms with Gasteiger partial charge in [-0.1, -0.05) is 50.2 Å². The Labute approximate surface area is 396 Å². The molecule has 0 bridgehead atoms. The number of Topliss-reactive ketones (excluding diaryl/α,β-unsaturated/α-hetero) is 1. The molecule has 2 unspecified atom stereocenters. The van der Waals surface area contributed by atoms with Crippen molar-refractivity contribution in [3.05, 3.63) is 107 Å². The highest BCUT2D eigenvalue weighted by Crippen LogP contribution is 2.49. The first-order valence-electron chi connectivity index (χ1n) is 22.9. The molecule has 5 aliphatic rings. The molecule has 2 atom stereocenters. The average Bonchev–Trinajstić information content (AvgIpc) is 4.00. The first-order chi connectivity index (χ1) is 32.2. The molecule has 5 amide bonds. The standard InChI is InChI=1S/C49H60N7O11P/c1-48(2)33-14-7-9-16-36(33)53(5)39(48)28-31-44(32(45(31)60)29-40-49(3,4)34-15-8-10-17-37(34)54(40)6)55-24-13-18-38(55)47(62)52-35(30-67-68(63,64)65)46(61)51-22-12-11-19-41(57)50-23-26-66-27-25-56-42(58)20-21-43(56)59/h7-10,14-17,20-21,28-29,35,38H,11-13,18-19,22-27,30H2,1-6H3,(H4-,50,51,52,57,61,62,63,64,65)/p+1. The van der Waals surface area contributed by atoms with E-state index in [1.165, 1.54) is 12.2 Å². The Bertz CT molecular complexity index is 2590. The minimum Gasteiger partial charge on any atom is -0.378 e. The van der Waals surface area contributed by atoms with Crippen LogP contribution in [0.4, 0.5) is 11.4 Å². The van der Waals surface area contributed by atoms with Gasteiger partial charge in [0.25, 0.3) is 11.8 Å². The van der Waals surface area contributed by atoms with Crippen LogP contribution in [0.2, 0.25) is 0 Å². The van der Waals surface area contributed by atoms with Crippen LogP contribution in [0.15, 0.2) is 95.4 Å². The topological polar surface area (TPSA) is 227 Å². The SMILES string of the molecule is CN1/C(=C/C2=C(N3CCCC3C(=O)NC(COP(=O)(O)O)C(=O)NCCCCC(=O)NCCOCCN3C(=O)C=CC3=O)C(=C/C3=[N+](C)c4ccccc4C3(C)C)/C2=O)C(C)(C)c2ccccc21. The molecule has 1 saturated heterocycles. The lowest BCUT2D eigenvalue weighted by molar-refractivity contribution is -0.401. The summed E-state index contributed by atoms with van der Waals surface area (Å²) < 4.78 is 24.1. The van der Waals surface area contributed by atoms with Gasteiger partial charge in [-0.3, -0.25) is 38.2 Å². The molecule has 1 fully saturated rings. The van der Waals surface area contributed by atoms with Crippen LogP contribution in [0.1, 0.15) is 70.9 Å². The van der Waals surface area contributed by atoms with Crippen molar-refractivity contribution in [2.45, 2.75) is 82.7 Å². The molecule has 4 aliphatic heterocycles. The number of hydrogen-bond donors (Lipinski definition) is 5. The number of benzene rings is 2. The number of carbonyl (C=O) groups is 6. The van der Waals surface area contributed by atoms with Crippen molar-refractivity contribution in [2.75, 3.05) is 65.0 Å². The van der Waals surface area contributed by atoms with Gasteiger partial charge in [0, 0.05) is 85.3 Å². The molecular weight excluding hydrogens is 894 g/mol. The fourth-order valence-corrected chi connectivity index (χ4v) is 10.1. The van der Waals surface area contributed by atoms with Gasteiger partial charge >= 0.3 is 7.82 Å². The van der Waals surface area contributed by atoms with Gasteiger partial charge in [-0.2, -0.15) is 4.58 Å². The van der Waals surface area contributed by atoms with Crippen molar-refractivity contribution in [2.24, 2.45) is 0 Å². The van der Waals surface area contributed by atoms with Crippen molar-refractivity contribution in [1.82, 2.24) is 25.8 Å². The lowest BCUT2D eigenvalue weighted by Gasteiger charge is -2.37. The molecule has 0 saturated carbocycles. The summed E-state index contributed by atoms with van der Waals surface area (Å²) in [5, 5.41) is 8.10. The third-order valence-corrected chi connectivity index (χ3v) is 13.9. The summed E-state index contributed by atoms with van der Waals surface area (Å²) in [5.74, 6) is -2.51. The van der Waals surface area contributed by atoms with E-state index in [0.717, 1.165) is 38.8 Å². The molecule has 4 heterocycles. The number of ether oxygens (including phenoxy) is 1. The van der Waals surface area contributed by atoms with Crippen LogP contribution in [0.3, 0.4) is 0 Å². The van der Waals surface area contributed by atoms with Gasteiger partial charge < -0.3 is 40.3 Å². The number of phosphoric ester groups is 1. The maximum Gasteiger partial charge on any atom is 0.469 e. The summed E-state index contributed by atoms with van der Waals surface area (Å²) >= 11 is 0. The second-order valence-electron chi connectivity index (χ2n) is 18.5. The van der Waals surface area contributed by atoms with Crippen LogP contribution in [-0.2, 0) is 53.4 Å². The smallest absolute Gasteiger partial charge is 0.378 e. The van der Waals surface area contributed by atoms with Gasteiger partial charge in [0.15, 0.2) is 11.5 Å². The number of amides is 5. The number of nitrogens with one attached hydrogen (secondary N) is 3. The first-order valence-corrected chi connectivity index (χ1v) is 24.4. The molecule has 18 nitrogen and oxygen atoms in total. The summed E-state index contributed by atoms with van der Waals surface area (Å²) in [6, 6.07) is 13.9. The number of ketones is 1. The predicted octanol–water partition coefficient (Wildman–Crippen LogP) is 3.17. The largest absolute Gasteiger partial charge is 0.469 e. The minimum atomic E-state index is -5.05. The lowest BCUT2D eigenvalue weighted by atomic mass is 9.76. The fraction of sp³-hybridized carbons (Fsp3) is 0.449. The molecule has 5 N–H and O–H groups in total. The van der Waals surface area contributed by atoms with Crippen molar-refractivity contribution in [3.8, 4) is 0 Å². The monoisotopic (exact) mass is 954 g/mol. The molecule has 7 rings (SSSR count).